The molecule has 0 radical (unpaired) electrons. The maximum absolute atomic E-state index is 12.6. The highest BCUT2D eigenvalue weighted by molar-refractivity contribution is 5.80. The Hall–Kier alpha value is -2.04. The summed E-state index contributed by atoms with van der Waals surface area (Å²) in [6.07, 6.45) is -0.0237. The molecular formula is C20H30N2O3. The van der Waals surface area contributed by atoms with Crippen molar-refractivity contribution < 1.29 is 14.3 Å². The number of benzene rings is 1. The van der Waals surface area contributed by atoms with Crippen LogP contribution in [0.15, 0.2) is 30.3 Å². The van der Waals surface area contributed by atoms with Crippen LogP contribution in [0.5, 0.6) is 0 Å². The van der Waals surface area contributed by atoms with E-state index < -0.39 is 11.7 Å². The van der Waals surface area contributed by atoms with Crippen molar-refractivity contribution in [3.63, 3.8) is 0 Å². The van der Waals surface area contributed by atoms with E-state index in [-0.39, 0.29) is 23.4 Å². The van der Waals surface area contributed by atoms with E-state index in [1.807, 2.05) is 76.8 Å². The fourth-order valence-corrected chi connectivity index (χ4v) is 3.19. The van der Waals surface area contributed by atoms with Gasteiger partial charge >= 0.3 is 6.09 Å². The number of amides is 2. The highest BCUT2D eigenvalue weighted by atomic mass is 16.6. The summed E-state index contributed by atoms with van der Waals surface area (Å²) in [6.45, 7) is 12.1. The maximum atomic E-state index is 12.6. The molecule has 3 atom stereocenters. The number of hydrogen-bond acceptors (Lipinski definition) is 3. The van der Waals surface area contributed by atoms with Gasteiger partial charge in [-0.1, -0.05) is 37.3 Å². The van der Waals surface area contributed by atoms with Gasteiger partial charge in [0.15, 0.2) is 0 Å². The summed E-state index contributed by atoms with van der Waals surface area (Å²) in [4.78, 5) is 26.6. The zero-order valence-corrected chi connectivity index (χ0v) is 16.1. The quantitative estimate of drug-likeness (QED) is 0.899. The molecule has 1 N–H and O–H groups in total. The Kier molecular flexibility index (Phi) is 5.45. The smallest absolute Gasteiger partial charge is 0.407 e. The van der Waals surface area contributed by atoms with Crippen LogP contribution < -0.4 is 5.32 Å². The van der Waals surface area contributed by atoms with Crippen molar-refractivity contribution in [1.29, 1.82) is 0 Å². The van der Waals surface area contributed by atoms with E-state index in [0.717, 1.165) is 5.56 Å². The van der Waals surface area contributed by atoms with E-state index in [9.17, 15) is 9.59 Å². The van der Waals surface area contributed by atoms with Crippen molar-refractivity contribution in [2.75, 3.05) is 6.54 Å². The molecule has 0 spiro atoms. The third-order valence-corrected chi connectivity index (χ3v) is 4.94. The second-order valence-corrected chi connectivity index (χ2v) is 8.31. The minimum atomic E-state index is -0.538. The average molecular weight is 346 g/mol. The van der Waals surface area contributed by atoms with Gasteiger partial charge in [-0.25, -0.2) is 4.79 Å². The predicted octanol–water partition coefficient (Wildman–Crippen LogP) is 3.90. The Bertz CT molecular complexity index is 624. The number of ether oxygens (including phenoxy) is 1. The van der Waals surface area contributed by atoms with Gasteiger partial charge in [-0.2, -0.15) is 0 Å². The van der Waals surface area contributed by atoms with Crippen molar-refractivity contribution >= 4 is 12.0 Å². The zero-order chi connectivity index (χ0) is 18.8. The van der Waals surface area contributed by atoms with Gasteiger partial charge in [-0.05, 0) is 40.2 Å². The van der Waals surface area contributed by atoms with E-state index in [1.54, 1.807) is 0 Å². The summed E-state index contributed by atoms with van der Waals surface area (Å²) in [5.74, 6) is 0.122. The summed E-state index contributed by atoms with van der Waals surface area (Å²) in [6, 6.07) is 9.87. The molecule has 2 amide bonds. The van der Waals surface area contributed by atoms with Crippen LogP contribution in [0.3, 0.4) is 0 Å². The number of likely N-dealkylation sites (tertiary alicyclic amines) is 1. The normalized spacial score (nSPS) is 23.3. The molecule has 1 heterocycles. The van der Waals surface area contributed by atoms with Crippen LogP contribution in [0.1, 0.15) is 59.6 Å². The first-order valence-electron chi connectivity index (χ1n) is 8.86. The number of nitrogens with zero attached hydrogens (tertiary/aromatic N) is 1. The summed E-state index contributed by atoms with van der Waals surface area (Å²) in [5.41, 5.74) is 0.258. The van der Waals surface area contributed by atoms with Crippen LogP contribution in [0.25, 0.3) is 0 Å². The Labute approximate surface area is 150 Å². The molecule has 1 aromatic carbocycles. The molecule has 0 bridgehead atoms. The number of alkyl carbamates (subject to hydrolysis) is 1. The lowest BCUT2D eigenvalue weighted by atomic mass is 9.82. The molecule has 138 valence electrons. The monoisotopic (exact) mass is 346 g/mol. The second-order valence-electron chi connectivity index (χ2n) is 8.31. The van der Waals surface area contributed by atoms with Gasteiger partial charge in [-0.15, -0.1) is 0 Å². The molecule has 5 heteroatoms. The van der Waals surface area contributed by atoms with Gasteiger partial charge in [-0.3, -0.25) is 4.79 Å². The fraction of sp³-hybridized carbons (Fsp3) is 0.600. The Balaban J connectivity index is 2.05. The third-order valence-electron chi connectivity index (χ3n) is 4.94. The summed E-state index contributed by atoms with van der Waals surface area (Å²) in [7, 11) is 0. The van der Waals surface area contributed by atoms with Gasteiger partial charge in [0.25, 0.3) is 0 Å². The predicted molar refractivity (Wildman–Crippen MR) is 98.1 cm³/mol. The zero-order valence-electron chi connectivity index (χ0n) is 16.1. The molecular weight excluding hydrogens is 316 g/mol. The standard InChI is InChI=1S/C20H30N2O3/c1-14(16-10-8-7-9-11-16)22-13-20(6,12-17(22)23)15(2)21-18(24)25-19(3,4)5/h7-11,14-15H,12-13H2,1-6H3,(H,21,24)/t14-,15-,20+/m1/s1. The van der Waals surface area contributed by atoms with Crippen molar-refractivity contribution in [3.8, 4) is 0 Å². The van der Waals surface area contributed by atoms with E-state index in [4.69, 9.17) is 4.74 Å². The van der Waals surface area contributed by atoms with Crippen LogP contribution >= 0.6 is 0 Å². The number of rotatable bonds is 4. The minimum Gasteiger partial charge on any atom is -0.444 e. The SMILES string of the molecule is C[C@H](c1ccccc1)N1C[C@@](C)([C@@H](C)NC(=O)OC(C)(C)C)CC1=O. The molecule has 0 saturated carbocycles. The summed E-state index contributed by atoms with van der Waals surface area (Å²) >= 11 is 0. The van der Waals surface area contributed by atoms with Gasteiger partial charge < -0.3 is 15.0 Å². The Morgan fingerprint density at radius 1 is 1.24 bits per heavy atom. The van der Waals surface area contributed by atoms with Gasteiger partial charge in [0, 0.05) is 24.4 Å². The molecule has 1 fully saturated rings. The highest BCUT2D eigenvalue weighted by Crippen LogP contribution is 2.38. The first-order chi connectivity index (χ1) is 11.5. The molecule has 0 aliphatic carbocycles. The van der Waals surface area contributed by atoms with Gasteiger partial charge in [0.2, 0.25) is 5.91 Å². The van der Waals surface area contributed by atoms with E-state index in [2.05, 4.69) is 5.32 Å². The van der Waals surface area contributed by atoms with Crippen molar-refractivity contribution in [2.24, 2.45) is 5.41 Å². The lowest BCUT2D eigenvalue weighted by molar-refractivity contribution is -0.129. The van der Waals surface area contributed by atoms with Crippen molar-refractivity contribution in [2.45, 2.75) is 65.6 Å². The molecule has 1 aliphatic rings. The van der Waals surface area contributed by atoms with Crippen molar-refractivity contribution in [3.05, 3.63) is 35.9 Å². The lowest BCUT2D eigenvalue weighted by Gasteiger charge is -2.33. The average Bonchev–Trinajstić information content (AvgIpc) is 2.82. The van der Waals surface area contributed by atoms with Crippen LogP contribution in [0.2, 0.25) is 0 Å². The molecule has 1 aromatic rings. The molecule has 2 rings (SSSR count). The topological polar surface area (TPSA) is 58.6 Å². The van der Waals surface area contributed by atoms with Crippen LogP contribution in [-0.2, 0) is 9.53 Å². The van der Waals surface area contributed by atoms with Gasteiger partial charge in [0.05, 0.1) is 6.04 Å². The van der Waals surface area contributed by atoms with Crippen LogP contribution in [-0.4, -0.2) is 35.1 Å². The third kappa shape index (κ3) is 4.74. The largest absolute Gasteiger partial charge is 0.444 e. The van der Waals surface area contributed by atoms with Crippen LogP contribution in [0, 0.1) is 5.41 Å². The minimum absolute atomic E-state index is 0.0178. The number of nitrogens with one attached hydrogen (secondary N) is 1. The van der Waals surface area contributed by atoms with Crippen molar-refractivity contribution in [1.82, 2.24) is 10.2 Å². The Morgan fingerprint density at radius 2 is 1.84 bits per heavy atom. The van der Waals surface area contributed by atoms with E-state index in [1.165, 1.54) is 0 Å². The molecule has 1 aliphatic heterocycles. The number of carbonyl (C=O) groups excluding carboxylic acids is 2. The second kappa shape index (κ2) is 7.06. The number of carbonyl (C=O) groups is 2. The molecule has 5 nitrogen and oxygen atoms in total. The van der Waals surface area contributed by atoms with Crippen LogP contribution in [0.4, 0.5) is 4.79 Å². The molecule has 0 aromatic heterocycles. The fourth-order valence-electron chi connectivity index (χ4n) is 3.19. The Morgan fingerprint density at radius 3 is 2.40 bits per heavy atom. The number of hydrogen-bond donors (Lipinski definition) is 1. The highest BCUT2D eigenvalue weighted by Gasteiger charge is 2.45. The van der Waals surface area contributed by atoms with E-state index in [0.29, 0.717) is 13.0 Å². The molecule has 0 unspecified atom stereocenters. The first-order valence-corrected chi connectivity index (χ1v) is 8.86. The summed E-state index contributed by atoms with van der Waals surface area (Å²) in [5, 5.41) is 2.90. The van der Waals surface area contributed by atoms with E-state index >= 15 is 0 Å². The maximum Gasteiger partial charge on any atom is 0.407 e. The first kappa shape index (κ1) is 19.3. The summed E-state index contributed by atoms with van der Waals surface area (Å²) < 4.78 is 5.33. The molecule has 25 heavy (non-hydrogen) atoms. The molecule has 1 saturated heterocycles. The van der Waals surface area contributed by atoms with Gasteiger partial charge in [0.1, 0.15) is 5.60 Å². The lowest BCUT2D eigenvalue weighted by Crippen LogP contribution is -2.47.